The molecule has 1 aromatic carbocycles. The molecule has 0 saturated heterocycles. The molecular weight excluding hydrogens is 254 g/mol. The summed E-state index contributed by atoms with van der Waals surface area (Å²) in [5, 5.41) is 9.32. The number of para-hydroxylation sites is 1. The van der Waals surface area contributed by atoms with Crippen LogP contribution in [0.4, 0.5) is 5.69 Å². The van der Waals surface area contributed by atoms with Gasteiger partial charge in [0.25, 0.3) is 0 Å². The molecule has 1 aromatic rings. The number of aliphatic carboxylic acids is 1. The average Bonchev–Trinajstić information content (AvgIpc) is 2.90. The van der Waals surface area contributed by atoms with Gasteiger partial charge in [-0.15, -0.1) is 0 Å². The Hall–Kier alpha value is -1.84. The Morgan fingerprint density at radius 1 is 1.10 bits per heavy atom. The van der Waals surface area contributed by atoms with Crippen molar-refractivity contribution >= 4 is 17.6 Å². The first-order valence-corrected chi connectivity index (χ1v) is 7.30. The predicted molar refractivity (Wildman–Crippen MR) is 75.6 cm³/mol. The van der Waals surface area contributed by atoms with Gasteiger partial charge in [-0.3, -0.25) is 9.59 Å². The number of anilines is 1. The molecule has 1 fully saturated rings. The average molecular weight is 273 g/mol. The number of hydrogen-bond acceptors (Lipinski definition) is 2. The van der Waals surface area contributed by atoms with Gasteiger partial charge in [0, 0.05) is 12.2 Å². The van der Waals surface area contributed by atoms with Gasteiger partial charge in [-0.2, -0.15) is 0 Å². The fourth-order valence-electron chi connectivity index (χ4n) is 3.49. The smallest absolute Gasteiger partial charge is 0.307 e. The van der Waals surface area contributed by atoms with Crippen molar-refractivity contribution in [3.8, 4) is 0 Å². The lowest BCUT2D eigenvalue weighted by Gasteiger charge is -2.31. The standard InChI is InChI=1S/C16H19NO3/c18-15(12-6-2-3-7-13(12)16(19)20)17-10-9-11-5-1-4-8-14(11)17/h1,4-5,8,12-13H,2-3,6-7,9-10H2,(H,19,20)/t12-,13+/m0/s1. The normalized spacial score (nSPS) is 25.3. The van der Waals surface area contributed by atoms with Crippen LogP contribution in [0.2, 0.25) is 0 Å². The van der Waals surface area contributed by atoms with Crippen molar-refractivity contribution in [2.24, 2.45) is 11.8 Å². The summed E-state index contributed by atoms with van der Waals surface area (Å²) in [5.41, 5.74) is 2.15. The molecule has 4 nitrogen and oxygen atoms in total. The second kappa shape index (κ2) is 5.27. The lowest BCUT2D eigenvalue weighted by Crippen LogP contribution is -2.42. The molecule has 0 spiro atoms. The number of rotatable bonds is 2. The number of carboxylic acids is 1. The third-order valence-corrected chi connectivity index (χ3v) is 4.55. The SMILES string of the molecule is O=C(O)[C@@H]1CCCC[C@@H]1C(=O)N1CCc2ccccc21. The summed E-state index contributed by atoms with van der Waals surface area (Å²) in [5.74, 6) is -1.69. The number of hydrogen-bond donors (Lipinski definition) is 1. The fraction of sp³-hybridized carbons (Fsp3) is 0.500. The molecule has 106 valence electrons. The van der Waals surface area contributed by atoms with Crippen molar-refractivity contribution in [3.05, 3.63) is 29.8 Å². The zero-order valence-corrected chi connectivity index (χ0v) is 11.4. The van der Waals surface area contributed by atoms with Gasteiger partial charge in [0.15, 0.2) is 0 Å². The molecule has 0 aromatic heterocycles. The molecular formula is C16H19NO3. The van der Waals surface area contributed by atoms with Crippen molar-refractivity contribution < 1.29 is 14.7 Å². The molecule has 1 amide bonds. The minimum absolute atomic E-state index is 0.00190. The molecule has 3 rings (SSSR count). The maximum atomic E-state index is 12.7. The highest BCUT2D eigenvalue weighted by molar-refractivity contribution is 5.99. The Bertz CT molecular complexity index is 540. The molecule has 0 unspecified atom stereocenters. The van der Waals surface area contributed by atoms with Gasteiger partial charge in [-0.05, 0) is 30.9 Å². The minimum atomic E-state index is -0.824. The summed E-state index contributed by atoms with van der Waals surface area (Å²) in [6, 6.07) is 7.91. The first kappa shape index (κ1) is 13.2. The van der Waals surface area contributed by atoms with Crippen molar-refractivity contribution in [1.82, 2.24) is 0 Å². The quantitative estimate of drug-likeness (QED) is 0.900. The van der Waals surface area contributed by atoms with E-state index in [1.165, 1.54) is 5.56 Å². The van der Waals surface area contributed by atoms with E-state index in [0.717, 1.165) is 24.9 Å². The molecule has 1 aliphatic heterocycles. The molecule has 4 heteroatoms. The zero-order chi connectivity index (χ0) is 14.1. The van der Waals surface area contributed by atoms with Crippen LogP contribution < -0.4 is 4.90 Å². The van der Waals surface area contributed by atoms with Crippen molar-refractivity contribution in [3.63, 3.8) is 0 Å². The Morgan fingerprint density at radius 3 is 2.55 bits per heavy atom. The van der Waals surface area contributed by atoms with E-state index in [1.54, 1.807) is 4.90 Å². The number of carbonyl (C=O) groups is 2. The molecule has 1 aliphatic carbocycles. The van der Waals surface area contributed by atoms with Crippen LogP contribution in [0.25, 0.3) is 0 Å². The largest absolute Gasteiger partial charge is 0.481 e. The minimum Gasteiger partial charge on any atom is -0.481 e. The summed E-state index contributed by atoms with van der Waals surface area (Å²) in [6.07, 6.45) is 4.06. The predicted octanol–water partition coefficient (Wildman–Crippen LogP) is 2.47. The molecule has 1 saturated carbocycles. The number of fused-ring (bicyclic) bond motifs is 1. The topological polar surface area (TPSA) is 57.6 Å². The van der Waals surface area contributed by atoms with E-state index < -0.39 is 11.9 Å². The third-order valence-electron chi connectivity index (χ3n) is 4.55. The van der Waals surface area contributed by atoms with Crippen LogP contribution in [0.3, 0.4) is 0 Å². The number of carbonyl (C=O) groups excluding carboxylic acids is 1. The highest BCUT2D eigenvalue weighted by Gasteiger charge is 2.39. The fourth-order valence-corrected chi connectivity index (χ4v) is 3.49. The monoisotopic (exact) mass is 273 g/mol. The Morgan fingerprint density at radius 2 is 1.80 bits per heavy atom. The van der Waals surface area contributed by atoms with Crippen molar-refractivity contribution in [1.29, 1.82) is 0 Å². The summed E-state index contributed by atoms with van der Waals surface area (Å²) in [7, 11) is 0. The first-order valence-electron chi connectivity index (χ1n) is 7.30. The van der Waals surface area contributed by atoms with E-state index in [9.17, 15) is 14.7 Å². The molecule has 20 heavy (non-hydrogen) atoms. The van der Waals surface area contributed by atoms with Crippen LogP contribution in [0, 0.1) is 11.8 Å². The Labute approximate surface area is 118 Å². The molecule has 0 radical (unpaired) electrons. The third kappa shape index (κ3) is 2.19. The van der Waals surface area contributed by atoms with Gasteiger partial charge < -0.3 is 10.0 Å². The second-order valence-corrected chi connectivity index (χ2v) is 5.70. The number of benzene rings is 1. The zero-order valence-electron chi connectivity index (χ0n) is 11.4. The van der Waals surface area contributed by atoms with E-state index in [-0.39, 0.29) is 11.8 Å². The highest BCUT2D eigenvalue weighted by atomic mass is 16.4. The van der Waals surface area contributed by atoms with Crippen molar-refractivity contribution in [2.75, 3.05) is 11.4 Å². The number of carboxylic acid groups (broad SMARTS) is 1. The van der Waals surface area contributed by atoms with Crippen LogP contribution >= 0.6 is 0 Å². The van der Waals surface area contributed by atoms with E-state index >= 15 is 0 Å². The lowest BCUT2D eigenvalue weighted by molar-refractivity contribution is -0.148. The van der Waals surface area contributed by atoms with Crippen LogP contribution in [-0.4, -0.2) is 23.5 Å². The molecule has 2 atom stereocenters. The summed E-state index contributed by atoms with van der Waals surface area (Å²) in [4.78, 5) is 25.9. The number of nitrogens with zero attached hydrogens (tertiary/aromatic N) is 1. The highest BCUT2D eigenvalue weighted by Crippen LogP contribution is 2.35. The maximum absolute atomic E-state index is 12.7. The Balaban J connectivity index is 1.84. The van der Waals surface area contributed by atoms with Crippen LogP contribution in [0.15, 0.2) is 24.3 Å². The van der Waals surface area contributed by atoms with Gasteiger partial charge in [-0.1, -0.05) is 31.0 Å². The molecule has 0 bridgehead atoms. The van der Waals surface area contributed by atoms with Crippen LogP contribution in [0.1, 0.15) is 31.2 Å². The van der Waals surface area contributed by atoms with Gasteiger partial charge in [0.1, 0.15) is 0 Å². The molecule has 1 N–H and O–H groups in total. The molecule has 2 aliphatic rings. The summed E-state index contributed by atoms with van der Waals surface area (Å²) in [6.45, 7) is 0.682. The van der Waals surface area contributed by atoms with Gasteiger partial charge >= 0.3 is 5.97 Å². The van der Waals surface area contributed by atoms with Crippen molar-refractivity contribution in [2.45, 2.75) is 32.1 Å². The van der Waals surface area contributed by atoms with E-state index in [2.05, 4.69) is 0 Å². The molecule has 1 heterocycles. The van der Waals surface area contributed by atoms with Gasteiger partial charge in [0.2, 0.25) is 5.91 Å². The summed E-state index contributed by atoms with van der Waals surface area (Å²) < 4.78 is 0. The van der Waals surface area contributed by atoms with E-state index in [4.69, 9.17) is 0 Å². The second-order valence-electron chi connectivity index (χ2n) is 5.70. The van der Waals surface area contributed by atoms with Crippen LogP contribution in [0.5, 0.6) is 0 Å². The number of amides is 1. The van der Waals surface area contributed by atoms with Crippen LogP contribution in [-0.2, 0) is 16.0 Å². The van der Waals surface area contributed by atoms with E-state index in [1.807, 2.05) is 24.3 Å². The maximum Gasteiger partial charge on any atom is 0.307 e. The lowest BCUT2D eigenvalue weighted by atomic mass is 9.78. The summed E-state index contributed by atoms with van der Waals surface area (Å²) >= 11 is 0. The van der Waals surface area contributed by atoms with Gasteiger partial charge in [0.05, 0.1) is 11.8 Å². The Kier molecular flexibility index (Phi) is 3.47. The first-order chi connectivity index (χ1) is 9.68. The van der Waals surface area contributed by atoms with Gasteiger partial charge in [-0.25, -0.2) is 0 Å². The van der Waals surface area contributed by atoms with E-state index in [0.29, 0.717) is 19.4 Å².